The van der Waals surface area contributed by atoms with Crippen molar-refractivity contribution in [3.8, 4) is 0 Å². The van der Waals surface area contributed by atoms with E-state index in [2.05, 4.69) is 15.3 Å². The normalized spacial score (nSPS) is 33.7. The smallest absolute Gasteiger partial charge is 0.0923 e. The Bertz CT molecular complexity index is 263. The lowest BCUT2D eigenvalue weighted by atomic mass is 10.3. The maximum absolute atomic E-state index is 4.26. The first-order valence-corrected chi connectivity index (χ1v) is 4.68. The average molecular weight is 163 g/mol. The van der Waals surface area contributed by atoms with Crippen LogP contribution in [0.4, 0.5) is 0 Å². The van der Waals surface area contributed by atoms with Crippen LogP contribution in [0.5, 0.6) is 0 Å². The van der Waals surface area contributed by atoms with E-state index < -0.39 is 0 Å². The summed E-state index contributed by atoms with van der Waals surface area (Å²) in [6.07, 6.45) is 7.82. The van der Waals surface area contributed by atoms with Gasteiger partial charge in [-0.2, -0.15) is 0 Å². The Morgan fingerprint density at radius 1 is 1.50 bits per heavy atom. The number of hydrogen-bond donors (Lipinski definition) is 2. The number of nitrogens with zero attached hydrogens (tertiary/aromatic N) is 1. The van der Waals surface area contributed by atoms with Crippen LogP contribution in [0.25, 0.3) is 0 Å². The van der Waals surface area contributed by atoms with Gasteiger partial charge in [0.1, 0.15) is 0 Å². The minimum atomic E-state index is 0.692. The van der Waals surface area contributed by atoms with Crippen LogP contribution in [0.2, 0.25) is 0 Å². The number of imidazole rings is 1. The van der Waals surface area contributed by atoms with Gasteiger partial charge in [0.15, 0.2) is 0 Å². The van der Waals surface area contributed by atoms with E-state index in [0.29, 0.717) is 5.92 Å². The number of rotatable bonds is 3. The molecule has 3 nitrogen and oxygen atoms in total. The van der Waals surface area contributed by atoms with Crippen molar-refractivity contribution in [2.45, 2.75) is 37.3 Å². The Morgan fingerprint density at radius 3 is 3.08 bits per heavy atom. The molecule has 0 saturated heterocycles. The Balaban J connectivity index is 1.60. The molecule has 2 N–H and O–H groups in total. The standard InChI is InChI=1S/C9H13N3/c1-2-6(1)12-8-3-7(8)9-4-10-5-11-9/h4-8,12H,1-3H2,(H,10,11)/t7-,8-/m1/s1. The van der Waals surface area contributed by atoms with E-state index in [1.165, 1.54) is 25.0 Å². The van der Waals surface area contributed by atoms with E-state index in [-0.39, 0.29) is 0 Å². The molecule has 0 amide bonds. The number of H-pyrrole nitrogens is 1. The topological polar surface area (TPSA) is 40.7 Å². The van der Waals surface area contributed by atoms with Crippen LogP contribution in [-0.4, -0.2) is 22.1 Å². The van der Waals surface area contributed by atoms with Crippen LogP contribution in [0.15, 0.2) is 12.5 Å². The van der Waals surface area contributed by atoms with Crippen LogP contribution in [0.3, 0.4) is 0 Å². The summed E-state index contributed by atoms with van der Waals surface area (Å²) >= 11 is 0. The molecule has 2 saturated carbocycles. The van der Waals surface area contributed by atoms with Crippen molar-refractivity contribution in [2.75, 3.05) is 0 Å². The van der Waals surface area contributed by atoms with Gasteiger partial charge in [-0.25, -0.2) is 4.98 Å². The van der Waals surface area contributed by atoms with Crippen LogP contribution in [0.1, 0.15) is 30.9 Å². The summed E-state index contributed by atoms with van der Waals surface area (Å²) in [6, 6.07) is 1.56. The Kier molecular flexibility index (Phi) is 1.29. The zero-order valence-corrected chi connectivity index (χ0v) is 6.96. The second-order valence-electron chi connectivity index (χ2n) is 3.88. The molecule has 2 aliphatic carbocycles. The highest BCUT2D eigenvalue weighted by Gasteiger charge is 2.42. The number of aromatic amines is 1. The summed E-state index contributed by atoms with van der Waals surface area (Å²) in [4.78, 5) is 7.26. The van der Waals surface area contributed by atoms with Crippen LogP contribution in [-0.2, 0) is 0 Å². The van der Waals surface area contributed by atoms with Gasteiger partial charge in [-0.1, -0.05) is 0 Å². The van der Waals surface area contributed by atoms with Gasteiger partial charge in [-0.05, 0) is 19.3 Å². The molecule has 3 heteroatoms. The lowest BCUT2D eigenvalue weighted by Gasteiger charge is -1.97. The van der Waals surface area contributed by atoms with Gasteiger partial charge >= 0.3 is 0 Å². The first-order chi connectivity index (χ1) is 5.93. The second-order valence-corrected chi connectivity index (χ2v) is 3.88. The van der Waals surface area contributed by atoms with Crippen molar-refractivity contribution in [1.29, 1.82) is 0 Å². The number of hydrogen-bond acceptors (Lipinski definition) is 2. The highest BCUT2D eigenvalue weighted by molar-refractivity contribution is 5.18. The summed E-state index contributed by atoms with van der Waals surface area (Å²) in [6.45, 7) is 0. The Morgan fingerprint density at radius 2 is 2.42 bits per heavy atom. The number of aromatic nitrogens is 2. The zero-order valence-electron chi connectivity index (χ0n) is 6.96. The summed E-state index contributed by atoms with van der Waals surface area (Å²) in [5.41, 5.74) is 1.23. The predicted molar refractivity (Wildman–Crippen MR) is 45.9 cm³/mol. The quantitative estimate of drug-likeness (QED) is 0.698. The molecule has 2 fully saturated rings. The Hall–Kier alpha value is -0.830. The fraction of sp³-hybridized carbons (Fsp3) is 0.667. The van der Waals surface area contributed by atoms with E-state index in [1.807, 2.05) is 6.20 Å². The molecular weight excluding hydrogens is 150 g/mol. The van der Waals surface area contributed by atoms with E-state index >= 15 is 0 Å². The summed E-state index contributed by atoms with van der Waals surface area (Å²) < 4.78 is 0. The van der Waals surface area contributed by atoms with E-state index in [9.17, 15) is 0 Å². The largest absolute Gasteiger partial charge is 0.351 e. The third kappa shape index (κ3) is 1.14. The van der Waals surface area contributed by atoms with Crippen molar-refractivity contribution in [3.63, 3.8) is 0 Å². The van der Waals surface area contributed by atoms with Crippen molar-refractivity contribution in [1.82, 2.24) is 15.3 Å². The van der Waals surface area contributed by atoms with E-state index in [1.54, 1.807) is 6.33 Å². The minimum absolute atomic E-state index is 0.692. The van der Waals surface area contributed by atoms with Gasteiger partial charge in [-0.3, -0.25) is 0 Å². The second kappa shape index (κ2) is 2.33. The van der Waals surface area contributed by atoms with Gasteiger partial charge in [0.2, 0.25) is 0 Å². The highest BCUT2D eigenvalue weighted by Crippen LogP contribution is 2.41. The average Bonchev–Trinajstić information content (AvgIpc) is 2.98. The molecular formula is C9H13N3. The molecule has 0 radical (unpaired) electrons. The molecule has 0 aromatic carbocycles. The van der Waals surface area contributed by atoms with E-state index in [4.69, 9.17) is 0 Å². The summed E-state index contributed by atoms with van der Waals surface area (Å²) in [5.74, 6) is 0.692. The maximum Gasteiger partial charge on any atom is 0.0923 e. The number of nitrogens with one attached hydrogen (secondary N) is 2. The van der Waals surface area contributed by atoms with Gasteiger partial charge in [0.25, 0.3) is 0 Å². The van der Waals surface area contributed by atoms with E-state index in [0.717, 1.165) is 12.1 Å². The van der Waals surface area contributed by atoms with Crippen LogP contribution < -0.4 is 5.32 Å². The van der Waals surface area contributed by atoms with Gasteiger partial charge in [0.05, 0.1) is 12.0 Å². The monoisotopic (exact) mass is 163 g/mol. The van der Waals surface area contributed by atoms with Crippen molar-refractivity contribution >= 4 is 0 Å². The molecule has 1 heterocycles. The molecule has 0 spiro atoms. The molecule has 0 bridgehead atoms. The lowest BCUT2D eigenvalue weighted by molar-refractivity contribution is 0.665. The van der Waals surface area contributed by atoms with Crippen molar-refractivity contribution in [2.24, 2.45) is 0 Å². The Labute approximate surface area is 71.6 Å². The van der Waals surface area contributed by atoms with Crippen LogP contribution in [0, 0.1) is 0 Å². The molecule has 1 aromatic heterocycles. The van der Waals surface area contributed by atoms with Crippen LogP contribution >= 0.6 is 0 Å². The molecule has 3 rings (SSSR count). The SMILES string of the molecule is c1nc([C@@H]2C[C@H]2NC2CC2)c[nH]1. The molecule has 1 aromatic rings. The summed E-state index contributed by atoms with van der Waals surface area (Å²) in [5, 5.41) is 3.61. The minimum Gasteiger partial charge on any atom is -0.351 e. The van der Waals surface area contributed by atoms with Gasteiger partial charge in [0, 0.05) is 24.2 Å². The lowest BCUT2D eigenvalue weighted by Crippen LogP contribution is -2.19. The third-order valence-electron chi connectivity index (χ3n) is 2.72. The van der Waals surface area contributed by atoms with Gasteiger partial charge < -0.3 is 10.3 Å². The molecule has 0 unspecified atom stereocenters. The van der Waals surface area contributed by atoms with Crippen molar-refractivity contribution in [3.05, 3.63) is 18.2 Å². The highest BCUT2D eigenvalue weighted by atomic mass is 15.0. The first-order valence-electron chi connectivity index (χ1n) is 4.68. The maximum atomic E-state index is 4.26. The molecule has 64 valence electrons. The fourth-order valence-corrected chi connectivity index (χ4v) is 1.73. The fourth-order valence-electron chi connectivity index (χ4n) is 1.73. The first kappa shape index (κ1) is 6.66. The molecule has 2 atom stereocenters. The molecule has 0 aliphatic heterocycles. The molecule has 2 aliphatic rings. The van der Waals surface area contributed by atoms with Crippen molar-refractivity contribution < 1.29 is 0 Å². The van der Waals surface area contributed by atoms with Gasteiger partial charge in [-0.15, -0.1) is 0 Å². The third-order valence-corrected chi connectivity index (χ3v) is 2.72. The molecule has 12 heavy (non-hydrogen) atoms. The predicted octanol–water partition coefficient (Wildman–Crippen LogP) is 1.02. The summed E-state index contributed by atoms with van der Waals surface area (Å²) in [7, 11) is 0. The zero-order chi connectivity index (χ0) is 7.97.